The number of carbonyl (C=O) groups excluding carboxylic acids is 1. The minimum Gasteiger partial charge on any atom is -0.378 e. The zero-order valence-electron chi connectivity index (χ0n) is 13.0. The molecule has 0 unspecified atom stereocenters. The van der Waals surface area contributed by atoms with E-state index in [-0.39, 0.29) is 11.3 Å². The topological polar surface area (TPSA) is 58.6 Å². The molecule has 1 saturated carbocycles. The maximum Gasteiger partial charge on any atom is 0.226 e. The second kappa shape index (κ2) is 5.19. The van der Waals surface area contributed by atoms with Gasteiger partial charge in [-0.15, -0.1) is 0 Å². The van der Waals surface area contributed by atoms with Crippen LogP contribution in [0.3, 0.4) is 0 Å². The molecular formula is C16H22N4O2. The Hall–Kier alpha value is -1.69. The first-order chi connectivity index (χ1) is 10.7. The van der Waals surface area contributed by atoms with E-state index in [1.165, 1.54) is 0 Å². The zero-order chi connectivity index (χ0) is 15.2. The SMILES string of the molecule is Cc1cnc(N2CC[C@@]3(C[C@H]3C(=O)N3CCOCC3)C2)nc1. The first-order valence-corrected chi connectivity index (χ1v) is 8.08. The van der Waals surface area contributed by atoms with Crippen molar-refractivity contribution < 1.29 is 9.53 Å². The van der Waals surface area contributed by atoms with Crippen LogP contribution in [0, 0.1) is 18.3 Å². The highest BCUT2D eigenvalue weighted by atomic mass is 16.5. The minimum absolute atomic E-state index is 0.170. The fourth-order valence-electron chi connectivity index (χ4n) is 3.77. The lowest BCUT2D eigenvalue weighted by molar-refractivity contribution is -0.137. The maximum absolute atomic E-state index is 12.6. The lowest BCUT2D eigenvalue weighted by Gasteiger charge is -2.27. The largest absolute Gasteiger partial charge is 0.378 e. The summed E-state index contributed by atoms with van der Waals surface area (Å²) in [5.74, 6) is 1.32. The molecule has 6 nitrogen and oxygen atoms in total. The van der Waals surface area contributed by atoms with Crippen molar-refractivity contribution in [2.75, 3.05) is 44.3 Å². The van der Waals surface area contributed by atoms with E-state index >= 15 is 0 Å². The van der Waals surface area contributed by atoms with Crippen LogP contribution in [0.2, 0.25) is 0 Å². The molecule has 118 valence electrons. The molecule has 0 N–H and O–H groups in total. The zero-order valence-corrected chi connectivity index (χ0v) is 13.0. The van der Waals surface area contributed by atoms with Crippen molar-refractivity contribution in [2.45, 2.75) is 19.8 Å². The second-order valence-electron chi connectivity index (χ2n) is 6.79. The predicted octanol–water partition coefficient (Wildman–Crippen LogP) is 0.860. The molecule has 3 aliphatic rings. The van der Waals surface area contributed by atoms with Crippen molar-refractivity contribution >= 4 is 11.9 Å². The highest BCUT2D eigenvalue weighted by Gasteiger charge is 2.61. The van der Waals surface area contributed by atoms with Crippen LogP contribution in [0.5, 0.6) is 0 Å². The number of carbonyl (C=O) groups is 1. The van der Waals surface area contributed by atoms with Gasteiger partial charge in [0.15, 0.2) is 0 Å². The molecule has 1 spiro atoms. The molecule has 22 heavy (non-hydrogen) atoms. The maximum atomic E-state index is 12.6. The number of amides is 1. The van der Waals surface area contributed by atoms with E-state index in [1.54, 1.807) is 0 Å². The molecule has 3 fully saturated rings. The van der Waals surface area contributed by atoms with E-state index in [0.717, 1.165) is 50.5 Å². The molecule has 2 atom stereocenters. The van der Waals surface area contributed by atoms with Gasteiger partial charge in [-0.1, -0.05) is 0 Å². The Bertz CT molecular complexity index is 570. The predicted molar refractivity (Wildman–Crippen MR) is 81.5 cm³/mol. The number of aromatic nitrogens is 2. The fraction of sp³-hybridized carbons (Fsp3) is 0.688. The van der Waals surface area contributed by atoms with Crippen molar-refractivity contribution in [2.24, 2.45) is 11.3 Å². The van der Waals surface area contributed by atoms with Crippen LogP contribution >= 0.6 is 0 Å². The fourth-order valence-corrected chi connectivity index (χ4v) is 3.77. The number of rotatable bonds is 2. The highest BCUT2D eigenvalue weighted by Crippen LogP contribution is 2.59. The molecule has 0 radical (unpaired) electrons. The number of ether oxygens (including phenoxy) is 1. The van der Waals surface area contributed by atoms with Gasteiger partial charge in [0.05, 0.1) is 13.2 Å². The van der Waals surface area contributed by atoms with Crippen molar-refractivity contribution in [1.29, 1.82) is 0 Å². The van der Waals surface area contributed by atoms with Gasteiger partial charge in [-0.05, 0) is 25.3 Å². The molecule has 1 amide bonds. The quantitative estimate of drug-likeness (QED) is 0.811. The van der Waals surface area contributed by atoms with E-state index < -0.39 is 0 Å². The Labute approximate surface area is 130 Å². The number of anilines is 1. The lowest BCUT2D eigenvalue weighted by Crippen LogP contribution is -2.42. The molecule has 1 aromatic rings. The van der Waals surface area contributed by atoms with Crippen LogP contribution < -0.4 is 4.90 Å². The van der Waals surface area contributed by atoms with Crippen LogP contribution in [0.1, 0.15) is 18.4 Å². The second-order valence-corrected chi connectivity index (χ2v) is 6.79. The van der Waals surface area contributed by atoms with Crippen LogP contribution in [0.25, 0.3) is 0 Å². The summed E-state index contributed by atoms with van der Waals surface area (Å²) in [5, 5.41) is 0. The Morgan fingerprint density at radius 3 is 2.73 bits per heavy atom. The molecule has 2 aliphatic heterocycles. The first kappa shape index (κ1) is 13.9. The molecule has 6 heteroatoms. The number of hydrogen-bond donors (Lipinski definition) is 0. The van der Waals surface area contributed by atoms with Crippen molar-refractivity contribution in [3.8, 4) is 0 Å². The van der Waals surface area contributed by atoms with Gasteiger partial charge >= 0.3 is 0 Å². The van der Waals surface area contributed by atoms with E-state index in [4.69, 9.17) is 4.74 Å². The number of morpholine rings is 1. The van der Waals surface area contributed by atoms with Crippen molar-refractivity contribution in [1.82, 2.24) is 14.9 Å². The van der Waals surface area contributed by atoms with Gasteiger partial charge in [0.25, 0.3) is 0 Å². The lowest BCUT2D eigenvalue weighted by atomic mass is 10.0. The van der Waals surface area contributed by atoms with Crippen LogP contribution in [-0.4, -0.2) is 60.2 Å². The average molecular weight is 302 g/mol. The van der Waals surface area contributed by atoms with Gasteiger partial charge in [0, 0.05) is 49.9 Å². The first-order valence-electron chi connectivity index (χ1n) is 8.08. The summed E-state index contributed by atoms with van der Waals surface area (Å²) >= 11 is 0. The molecule has 1 aliphatic carbocycles. The Kier molecular flexibility index (Phi) is 3.29. The Morgan fingerprint density at radius 1 is 1.27 bits per heavy atom. The number of hydrogen-bond acceptors (Lipinski definition) is 5. The van der Waals surface area contributed by atoms with Gasteiger partial charge < -0.3 is 14.5 Å². The normalized spacial score (nSPS) is 30.9. The van der Waals surface area contributed by atoms with Crippen LogP contribution in [-0.2, 0) is 9.53 Å². The molecule has 4 rings (SSSR count). The minimum atomic E-state index is 0.170. The summed E-state index contributed by atoms with van der Waals surface area (Å²) in [6.07, 6.45) is 5.81. The van der Waals surface area contributed by atoms with Gasteiger partial charge in [-0.2, -0.15) is 0 Å². The third kappa shape index (κ3) is 2.35. The summed E-state index contributed by atoms with van der Waals surface area (Å²) in [6.45, 7) is 6.70. The Balaban J connectivity index is 1.40. The third-order valence-corrected chi connectivity index (χ3v) is 5.25. The average Bonchev–Trinajstić information content (AvgIpc) is 3.09. The van der Waals surface area contributed by atoms with E-state index in [0.29, 0.717) is 19.1 Å². The molecule has 0 bridgehead atoms. The van der Waals surface area contributed by atoms with E-state index in [9.17, 15) is 4.79 Å². The van der Waals surface area contributed by atoms with Crippen molar-refractivity contribution in [3.05, 3.63) is 18.0 Å². The standard InChI is InChI=1S/C16H22N4O2/c1-12-9-17-15(18-10-12)20-3-2-16(11-20)8-13(16)14(21)19-4-6-22-7-5-19/h9-10,13H,2-8,11H2,1H3/t13-,16+/m0/s1. The summed E-state index contributed by atoms with van der Waals surface area (Å²) < 4.78 is 5.33. The molecule has 1 aromatic heterocycles. The van der Waals surface area contributed by atoms with Crippen LogP contribution in [0.4, 0.5) is 5.95 Å². The summed E-state index contributed by atoms with van der Waals surface area (Å²) in [7, 11) is 0. The molecular weight excluding hydrogens is 280 g/mol. The number of aryl methyl sites for hydroxylation is 1. The summed E-state index contributed by atoms with van der Waals surface area (Å²) in [5.41, 5.74) is 1.24. The third-order valence-electron chi connectivity index (χ3n) is 5.25. The highest BCUT2D eigenvalue weighted by molar-refractivity contribution is 5.83. The van der Waals surface area contributed by atoms with Crippen molar-refractivity contribution in [3.63, 3.8) is 0 Å². The summed E-state index contributed by atoms with van der Waals surface area (Å²) in [4.78, 5) is 25.7. The van der Waals surface area contributed by atoms with Gasteiger partial charge in [-0.25, -0.2) is 9.97 Å². The number of nitrogens with zero attached hydrogens (tertiary/aromatic N) is 4. The summed E-state index contributed by atoms with van der Waals surface area (Å²) in [6, 6.07) is 0. The van der Waals surface area contributed by atoms with Gasteiger partial charge in [-0.3, -0.25) is 4.79 Å². The van der Waals surface area contributed by atoms with Gasteiger partial charge in [0.2, 0.25) is 11.9 Å². The smallest absolute Gasteiger partial charge is 0.226 e. The van der Waals surface area contributed by atoms with E-state index in [1.807, 2.05) is 24.2 Å². The van der Waals surface area contributed by atoms with Crippen LogP contribution in [0.15, 0.2) is 12.4 Å². The Morgan fingerprint density at radius 2 is 2.00 bits per heavy atom. The molecule has 0 aromatic carbocycles. The van der Waals surface area contributed by atoms with Gasteiger partial charge in [0.1, 0.15) is 0 Å². The van der Waals surface area contributed by atoms with E-state index in [2.05, 4.69) is 14.9 Å². The molecule has 2 saturated heterocycles. The molecule has 3 heterocycles. The monoisotopic (exact) mass is 302 g/mol.